The van der Waals surface area contributed by atoms with Gasteiger partial charge in [-0.1, -0.05) is 25.1 Å². The lowest BCUT2D eigenvalue weighted by Gasteiger charge is -2.27. The second-order valence-corrected chi connectivity index (χ2v) is 5.98. The van der Waals surface area contributed by atoms with Crippen molar-refractivity contribution in [2.45, 2.75) is 51.5 Å². The Kier molecular flexibility index (Phi) is 3.61. The van der Waals surface area contributed by atoms with Gasteiger partial charge in [-0.2, -0.15) is 0 Å². The Balaban J connectivity index is 1.89. The zero-order chi connectivity index (χ0) is 13.4. The third kappa shape index (κ3) is 2.42. The van der Waals surface area contributed by atoms with Crippen molar-refractivity contribution < 1.29 is 9.84 Å². The fourth-order valence-corrected chi connectivity index (χ4v) is 3.50. The fourth-order valence-electron chi connectivity index (χ4n) is 3.50. The largest absolute Gasteiger partial charge is 0.386 e. The molecule has 1 fully saturated rings. The molecule has 1 saturated heterocycles. The Morgan fingerprint density at radius 1 is 1.37 bits per heavy atom. The summed E-state index contributed by atoms with van der Waals surface area (Å²) in [5.41, 5.74) is 3.70. The summed E-state index contributed by atoms with van der Waals surface area (Å²) < 4.78 is 5.91. The quantitative estimate of drug-likeness (QED) is 0.857. The molecule has 0 radical (unpaired) electrons. The molecule has 0 spiro atoms. The van der Waals surface area contributed by atoms with Crippen LogP contribution in [0.1, 0.15) is 43.1 Å². The van der Waals surface area contributed by atoms with Crippen molar-refractivity contribution in [3.63, 3.8) is 0 Å². The molecule has 2 aliphatic heterocycles. The van der Waals surface area contributed by atoms with Gasteiger partial charge in [-0.15, -0.1) is 0 Å². The van der Waals surface area contributed by atoms with Crippen LogP contribution in [0, 0.1) is 5.92 Å². The van der Waals surface area contributed by atoms with Crippen LogP contribution >= 0.6 is 0 Å². The van der Waals surface area contributed by atoms with Crippen molar-refractivity contribution in [3.05, 3.63) is 34.9 Å². The number of hydrogen-bond acceptors (Lipinski definition) is 3. The molecule has 3 rings (SSSR count). The molecule has 0 aliphatic carbocycles. The van der Waals surface area contributed by atoms with Crippen LogP contribution < -0.4 is 5.32 Å². The van der Waals surface area contributed by atoms with Crippen LogP contribution in [0.5, 0.6) is 0 Å². The van der Waals surface area contributed by atoms with E-state index in [-0.39, 0.29) is 12.2 Å². The summed E-state index contributed by atoms with van der Waals surface area (Å²) in [6, 6.07) is 6.29. The van der Waals surface area contributed by atoms with E-state index in [4.69, 9.17) is 4.74 Å². The highest BCUT2D eigenvalue weighted by molar-refractivity contribution is 5.38. The zero-order valence-electron chi connectivity index (χ0n) is 11.7. The highest BCUT2D eigenvalue weighted by atomic mass is 16.5. The minimum Gasteiger partial charge on any atom is -0.386 e. The highest BCUT2D eigenvalue weighted by Gasteiger charge is 2.36. The molecule has 1 aromatic carbocycles. The molecule has 104 valence electrons. The smallest absolute Gasteiger partial charge is 0.106 e. The van der Waals surface area contributed by atoms with E-state index in [1.807, 2.05) is 0 Å². The summed E-state index contributed by atoms with van der Waals surface area (Å²) in [4.78, 5) is 0. The first kappa shape index (κ1) is 13.1. The maximum Gasteiger partial charge on any atom is 0.106 e. The van der Waals surface area contributed by atoms with E-state index >= 15 is 0 Å². The molecule has 0 saturated carbocycles. The van der Waals surface area contributed by atoms with Crippen LogP contribution in [0.4, 0.5) is 0 Å². The summed E-state index contributed by atoms with van der Waals surface area (Å²) in [6.45, 7) is 6.15. The lowest BCUT2D eigenvalue weighted by atomic mass is 9.88. The Morgan fingerprint density at radius 2 is 2.21 bits per heavy atom. The topological polar surface area (TPSA) is 41.5 Å². The minimum absolute atomic E-state index is 0.0663. The molecule has 0 aromatic heterocycles. The van der Waals surface area contributed by atoms with Gasteiger partial charge in [0.05, 0.1) is 12.2 Å². The highest BCUT2D eigenvalue weighted by Crippen LogP contribution is 2.36. The van der Waals surface area contributed by atoms with E-state index in [0.717, 1.165) is 31.5 Å². The van der Waals surface area contributed by atoms with Crippen LogP contribution in [0.15, 0.2) is 18.2 Å². The number of aliphatic hydroxyl groups excluding tert-OH is 1. The summed E-state index contributed by atoms with van der Waals surface area (Å²) in [6.07, 6.45) is 1.77. The zero-order valence-corrected chi connectivity index (χ0v) is 11.7. The van der Waals surface area contributed by atoms with Gasteiger partial charge in [0.25, 0.3) is 0 Å². The van der Waals surface area contributed by atoms with E-state index in [1.165, 1.54) is 11.1 Å². The third-order valence-corrected chi connectivity index (χ3v) is 4.47. The molecule has 0 unspecified atom stereocenters. The van der Waals surface area contributed by atoms with Crippen LogP contribution in [0.3, 0.4) is 0 Å². The van der Waals surface area contributed by atoms with Crippen LogP contribution in [-0.4, -0.2) is 23.9 Å². The maximum absolute atomic E-state index is 10.7. The predicted molar refractivity (Wildman–Crippen MR) is 74.9 cm³/mol. The molecule has 0 amide bonds. The Labute approximate surface area is 115 Å². The first-order valence-electron chi connectivity index (χ1n) is 7.31. The molecule has 1 aromatic rings. The summed E-state index contributed by atoms with van der Waals surface area (Å²) in [5.74, 6) is 0.414. The van der Waals surface area contributed by atoms with Crippen molar-refractivity contribution >= 4 is 0 Å². The summed E-state index contributed by atoms with van der Waals surface area (Å²) >= 11 is 0. The van der Waals surface area contributed by atoms with E-state index in [0.29, 0.717) is 5.92 Å². The molecule has 2 N–H and O–H groups in total. The number of fused-ring (bicyclic) bond motifs is 1. The number of ether oxygens (including phenoxy) is 1. The van der Waals surface area contributed by atoms with Gasteiger partial charge < -0.3 is 15.2 Å². The third-order valence-electron chi connectivity index (χ3n) is 4.47. The SMILES string of the molecule is C[C@@H]1C[C@H](C)O[C@@H]1[C@@H](O)c1cccc2c1CNCC2. The molecule has 0 bridgehead atoms. The van der Waals surface area contributed by atoms with Crippen molar-refractivity contribution in [2.24, 2.45) is 5.92 Å². The van der Waals surface area contributed by atoms with Gasteiger partial charge in [-0.3, -0.25) is 0 Å². The monoisotopic (exact) mass is 261 g/mol. The lowest BCUT2D eigenvalue weighted by molar-refractivity contribution is -0.0418. The van der Waals surface area contributed by atoms with Crippen molar-refractivity contribution in [3.8, 4) is 0 Å². The second kappa shape index (κ2) is 5.23. The molecule has 3 nitrogen and oxygen atoms in total. The van der Waals surface area contributed by atoms with Gasteiger partial charge in [0.15, 0.2) is 0 Å². The van der Waals surface area contributed by atoms with Crippen molar-refractivity contribution in [2.75, 3.05) is 6.54 Å². The molecule has 2 heterocycles. The average molecular weight is 261 g/mol. The number of nitrogens with one attached hydrogen (secondary N) is 1. The Morgan fingerprint density at radius 3 is 2.95 bits per heavy atom. The molecule has 2 aliphatic rings. The molecule has 19 heavy (non-hydrogen) atoms. The average Bonchev–Trinajstić information content (AvgIpc) is 2.76. The lowest BCUT2D eigenvalue weighted by Crippen LogP contribution is -2.29. The number of rotatable bonds is 2. The fraction of sp³-hybridized carbons (Fsp3) is 0.625. The number of aliphatic hydroxyl groups is 1. The van der Waals surface area contributed by atoms with E-state index < -0.39 is 6.10 Å². The molecular weight excluding hydrogens is 238 g/mol. The number of benzene rings is 1. The van der Waals surface area contributed by atoms with Gasteiger partial charge >= 0.3 is 0 Å². The summed E-state index contributed by atoms with van der Waals surface area (Å²) in [5, 5.41) is 14.1. The Hall–Kier alpha value is -0.900. The van der Waals surface area contributed by atoms with Gasteiger partial charge in [0.2, 0.25) is 0 Å². The first-order chi connectivity index (χ1) is 9.16. The molecule has 4 atom stereocenters. The van der Waals surface area contributed by atoms with Crippen LogP contribution in [0.2, 0.25) is 0 Å². The Bertz CT molecular complexity index is 460. The standard InChI is InChI=1S/C16H23NO2/c1-10-8-11(2)19-16(10)15(18)13-5-3-4-12-6-7-17-9-14(12)13/h3-5,10-11,15-18H,6-9H2,1-2H3/t10-,11+,15+,16+/m1/s1. The first-order valence-corrected chi connectivity index (χ1v) is 7.31. The van der Waals surface area contributed by atoms with Crippen molar-refractivity contribution in [1.29, 1.82) is 0 Å². The summed E-state index contributed by atoms with van der Waals surface area (Å²) in [7, 11) is 0. The molecule has 3 heteroatoms. The van der Waals surface area contributed by atoms with E-state index in [2.05, 4.69) is 37.4 Å². The predicted octanol–water partition coefficient (Wildman–Crippen LogP) is 2.18. The van der Waals surface area contributed by atoms with Gasteiger partial charge in [0, 0.05) is 6.54 Å². The van der Waals surface area contributed by atoms with Gasteiger partial charge in [-0.05, 0) is 48.9 Å². The molecular formula is C16H23NO2. The van der Waals surface area contributed by atoms with E-state index in [1.54, 1.807) is 0 Å². The second-order valence-electron chi connectivity index (χ2n) is 5.98. The number of hydrogen-bond donors (Lipinski definition) is 2. The van der Waals surface area contributed by atoms with Gasteiger partial charge in [-0.25, -0.2) is 0 Å². The maximum atomic E-state index is 10.7. The minimum atomic E-state index is -0.505. The van der Waals surface area contributed by atoms with Crippen LogP contribution in [0.25, 0.3) is 0 Å². The van der Waals surface area contributed by atoms with Crippen molar-refractivity contribution in [1.82, 2.24) is 5.32 Å². The van der Waals surface area contributed by atoms with E-state index in [9.17, 15) is 5.11 Å². The van der Waals surface area contributed by atoms with Crippen LogP contribution in [-0.2, 0) is 17.7 Å². The van der Waals surface area contributed by atoms with Gasteiger partial charge in [0.1, 0.15) is 6.10 Å². The normalized spacial score (nSPS) is 32.1.